The van der Waals surface area contributed by atoms with Gasteiger partial charge in [-0.15, -0.1) is 12.4 Å². The molecule has 2 atom stereocenters. The summed E-state index contributed by atoms with van der Waals surface area (Å²) < 4.78 is 4.65. The van der Waals surface area contributed by atoms with Crippen molar-refractivity contribution >= 4 is 44.8 Å². The molecule has 0 aromatic rings. The normalized spacial score (nSPS) is 25.8. The third kappa shape index (κ3) is 7.11. The van der Waals surface area contributed by atoms with Gasteiger partial charge in [-0.1, -0.05) is 6.42 Å². The van der Waals surface area contributed by atoms with Gasteiger partial charge in [0.1, 0.15) is 0 Å². The number of hydrogen-bond donors (Lipinski definition) is 0. The molecule has 20 heavy (non-hydrogen) atoms. The second-order valence-corrected chi connectivity index (χ2v) is 16.6. The smallest absolute Gasteiger partial charge is 0.0105 e. The minimum Gasteiger partial charge on any atom is -0.792 e. The molecular weight excluding hydrogens is 392 g/mol. The van der Waals surface area contributed by atoms with E-state index >= 15 is 0 Å². The van der Waals surface area contributed by atoms with Gasteiger partial charge in [0.2, 0.25) is 0 Å². The van der Waals surface area contributed by atoms with Crippen LogP contribution in [0.2, 0.25) is 13.3 Å². The van der Waals surface area contributed by atoms with E-state index in [-0.39, 0.29) is 12.4 Å². The van der Waals surface area contributed by atoms with E-state index in [1.54, 1.807) is 13.3 Å². The summed E-state index contributed by atoms with van der Waals surface area (Å²) in [4.78, 5) is 2.68. The van der Waals surface area contributed by atoms with E-state index in [1.165, 1.54) is 45.2 Å². The number of halogens is 1. The van der Waals surface area contributed by atoms with Crippen molar-refractivity contribution in [2.75, 3.05) is 18.8 Å². The second-order valence-electron chi connectivity index (χ2n) is 5.98. The van der Waals surface area contributed by atoms with Gasteiger partial charge in [-0.25, -0.2) is 0 Å². The van der Waals surface area contributed by atoms with Crippen LogP contribution >= 0.6 is 12.4 Å². The standard InChI is InChI=1S/C10H19NS.3C2H5.ClH.Sn/c12-8-9-4-3-7-11-6-2-1-5-10(9)11;3*1-2;;/h9-10,12H,1-8H2;3*1H2,2H3;1H;/q;;;;;+1/p-1/t9-,10+;;;;;/m0...../s1. The van der Waals surface area contributed by atoms with Crippen LogP contribution < -0.4 is 0 Å². The van der Waals surface area contributed by atoms with Crippen LogP contribution in [0.4, 0.5) is 0 Å². The Kier molecular flexibility index (Phi) is 13.8. The maximum absolute atomic E-state index is 5.21. The van der Waals surface area contributed by atoms with Crippen LogP contribution in [-0.2, 0) is 12.6 Å². The first kappa shape index (κ1) is 21.4. The quantitative estimate of drug-likeness (QED) is 0.471. The Labute approximate surface area is 146 Å². The minimum atomic E-state index is -0.653. The monoisotopic (exact) mass is 427 g/mol. The molecule has 0 amide bonds. The Bertz CT molecular complexity index is 212. The molecule has 2 heterocycles. The Hall–Kier alpha value is 1.40. The molecule has 0 aromatic heterocycles. The van der Waals surface area contributed by atoms with E-state index in [0.29, 0.717) is 0 Å². The van der Waals surface area contributed by atoms with Crippen molar-refractivity contribution in [3.05, 3.63) is 0 Å². The zero-order valence-corrected chi connectivity index (χ0v) is 18.2. The summed E-state index contributed by atoms with van der Waals surface area (Å²) in [6, 6.07) is 0.866. The second kappa shape index (κ2) is 12.9. The van der Waals surface area contributed by atoms with Crippen LogP contribution in [0.3, 0.4) is 0 Å². The molecule has 0 aromatic carbocycles. The van der Waals surface area contributed by atoms with Crippen molar-refractivity contribution in [1.29, 1.82) is 0 Å². The van der Waals surface area contributed by atoms with Gasteiger partial charge in [0.05, 0.1) is 0 Å². The van der Waals surface area contributed by atoms with Crippen LogP contribution in [-0.4, -0.2) is 49.5 Å². The molecule has 2 saturated heterocycles. The first-order valence-corrected chi connectivity index (χ1v) is 15.1. The van der Waals surface area contributed by atoms with Gasteiger partial charge < -0.3 is 17.5 Å². The molecule has 0 unspecified atom stereocenters. The Morgan fingerprint density at radius 3 is 2.05 bits per heavy atom. The fraction of sp³-hybridized carbons (Fsp3) is 1.00. The number of hydrogen-bond acceptors (Lipinski definition) is 2. The van der Waals surface area contributed by atoms with Gasteiger partial charge in [-0.3, -0.25) is 0 Å². The predicted molar refractivity (Wildman–Crippen MR) is 98.6 cm³/mol. The summed E-state index contributed by atoms with van der Waals surface area (Å²) in [5.74, 6) is 1.83. The number of rotatable bonds is 4. The van der Waals surface area contributed by atoms with Crippen molar-refractivity contribution in [2.45, 2.75) is 72.2 Å². The van der Waals surface area contributed by atoms with E-state index in [9.17, 15) is 0 Å². The largest absolute Gasteiger partial charge is 0.792 e. The SMILES string of the molecule is C[CH2][Sn+]([CH2]C)[CH2]C.Cl.[S-]C[C@@H]1CCCN2CCCC[C@H]12. The van der Waals surface area contributed by atoms with Gasteiger partial charge in [-0.2, -0.15) is 5.75 Å². The zero-order chi connectivity index (χ0) is 14.1. The zero-order valence-electron chi connectivity index (χ0n) is 13.7. The number of fused-ring (bicyclic) bond motifs is 1. The van der Waals surface area contributed by atoms with Gasteiger partial charge in [-0.05, 0) is 44.7 Å². The summed E-state index contributed by atoms with van der Waals surface area (Å²) in [6.07, 6.45) is 7.05. The van der Waals surface area contributed by atoms with Gasteiger partial charge >= 0.3 is 53.8 Å². The Balaban J connectivity index is 0.000000396. The molecule has 4 heteroatoms. The topological polar surface area (TPSA) is 3.24 Å². The molecule has 0 bridgehead atoms. The molecule has 0 aliphatic carbocycles. The fourth-order valence-electron chi connectivity index (χ4n) is 3.52. The molecule has 120 valence electrons. The van der Waals surface area contributed by atoms with Crippen molar-refractivity contribution < 1.29 is 0 Å². The van der Waals surface area contributed by atoms with E-state index in [2.05, 4.69) is 25.7 Å². The van der Waals surface area contributed by atoms with Crippen molar-refractivity contribution in [3.63, 3.8) is 0 Å². The van der Waals surface area contributed by atoms with Crippen LogP contribution in [0.1, 0.15) is 52.9 Å². The molecule has 0 spiro atoms. The van der Waals surface area contributed by atoms with Gasteiger partial charge in [0.25, 0.3) is 0 Å². The van der Waals surface area contributed by atoms with Gasteiger partial charge in [0, 0.05) is 6.04 Å². The van der Waals surface area contributed by atoms with E-state index in [1.807, 2.05) is 0 Å². The molecule has 2 rings (SSSR count). The van der Waals surface area contributed by atoms with Crippen LogP contribution in [0, 0.1) is 5.92 Å². The maximum atomic E-state index is 5.21. The molecule has 0 N–H and O–H groups in total. The Morgan fingerprint density at radius 1 is 0.950 bits per heavy atom. The molecule has 0 saturated carbocycles. The summed E-state index contributed by atoms with van der Waals surface area (Å²) in [6.45, 7) is 9.73. The van der Waals surface area contributed by atoms with E-state index < -0.39 is 19.8 Å². The third-order valence-electron chi connectivity index (χ3n) is 4.94. The number of piperidine rings is 2. The molecule has 0 radical (unpaired) electrons. The van der Waals surface area contributed by atoms with Crippen LogP contribution in [0.15, 0.2) is 0 Å². The third-order valence-corrected chi connectivity index (χ3v) is 13.9. The van der Waals surface area contributed by atoms with Gasteiger partial charge in [0.15, 0.2) is 0 Å². The van der Waals surface area contributed by atoms with E-state index in [0.717, 1.165) is 17.7 Å². The molecule has 2 fully saturated rings. The first-order valence-electron chi connectivity index (χ1n) is 8.42. The van der Waals surface area contributed by atoms with E-state index in [4.69, 9.17) is 12.6 Å². The first-order chi connectivity index (χ1) is 9.26. The summed E-state index contributed by atoms with van der Waals surface area (Å²) in [5, 5.41) is 0. The van der Waals surface area contributed by atoms with Crippen LogP contribution in [0.25, 0.3) is 0 Å². The molecule has 2 aliphatic rings. The number of nitrogens with zero attached hydrogens (tertiary/aromatic N) is 1. The molecule has 1 nitrogen and oxygen atoms in total. The fourth-order valence-corrected chi connectivity index (χ4v) is 8.19. The van der Waals surface area contributed by atoms with Crippen molar-refractivity contribution in [2.24, 2.45) is 5.92 Å². The van der Waals surface area contributed by atoms with Crippen LogP contribution in [0.5, 0.6) is 0 Å². The maximum Gasteiger partial charge on any atom is 0.0105 e. The predicted octanol–water partition coefficient (Wildman–Crippen LogP) is 4.76. The molecule has 2 aliphatic heterocycles. The summed E-state index contributed by atoms with van der Waals surface area (Å²) >= 11 is 4.56. The summed E-state index contributed by atoms with van der Waals surface area (Å²) in [7, 11) is 0. The Morgan fingerprint density at radius 2 is 1.55 bits per heavy atom. The average Bonchev–Trinajstić information content (AvgIpc) is 2.49. The van der Waals surface area contributed by atoms with Crippen molar-refractivity contribution in [1.82, 2.24) is 4.90 Å². The molecular formula is C16H34ClNSSn. The minimum absolute atomic E-state index is 0. The van der Waals surface area contributed by atoms with Crippen molar-refractivity contribution in [3.8, 4) is 0 Å². The average molecular weight is 427 g/mol. The summed E-state index contributed by atoms with van der Waals surface area (Å²) in [5.41, 5.74) is 0.